The molecule has 0 saturated heterocycles. The zero-order chi connectivity index (χ0) is 12.8. The zero-order valence-corrected chi connectivity index (χ0v) is 11.2. The van der Waals surface area contributed by atoms with Gasteiger partial charge in [0.2, 0.25) is 0 Å². The molecule has 0 aliphatic rings. The molecular weight excluding hydrogens is 214 g/mol. The number of ether oxygens (including phenoxy) is 2. The van der Waals surface area contributed by atoms with Gasteiger partial charge in [0.1, 0.15) is 11.5 Å². The summed E-state index contributed by atoms with van der Waals surface area (Å²) in [5.74, 6) is 2.32. The van der Waals surface area contributed by atoms with Crippen LogP contribution in [0.3, 0.4) is 0 Å². The highest BCUT2D eigenvalue weighted by Crippen LogP contribution is 2.30. The van der Waals surface area contributed by atoms with Crippen molar-refractivity contribution in [3.05, 3.63) is 23.8 Å². The number of hydrogen-bond donors (Lipinski definition) is 1. The van der Waals surface area contributed by atoms with E-state index in [0.717, 1.165) is 29.9 Å². The lowest BCUT2D eigenvalue weighted by Gasteiger charge is -2.17. The molecule has 1 aromatic carbocycles. The molecule has 0 aliphatic heterocycles. The van der Waals surface area contributed by atoms with Gasteiger partial charge in [-0.2, -0.15) is 0 Å². The van der Waals surface area contributed by atoms with Crippen molar-refractivity contribution < 1.29 is 9.47 Å². The lowest BCUT2D eigenvalue weighted by molar-refractivity contribution is 0.391. The second-order valence-corrected chi connectivity index (χ2v) is 4.69. The van der Waals surface area contributed by atoms with Gasteiger partial charge in [-0.05, 0) is 37.0 Å². The van der Waals surface area contributed by atoms with Crippen LogP contribution in [0.5, 0.6) is 11.5 Å². The molecule has 1 aromatic rings. The van der Waals surface area contributed by atoms with Crippen LogP contribution in [0, 0.1) is 5.92 Å². The maximum Gasteiger partial charge on any atom is 0.123 e. The number of hydrogen-bond acceptors (Lipinski definition) is 3. The Morgan fingerprint density at radius 1 is 1.12 bits per heavy atom. The van der Waals surface area contributed by atoms with Crippen molar-refractivity contribution in [2.45, 2.75) is 32.7 Å². The van der Waals surface area contributed by atoms with Crippen LogP contribution in [0.15, 0.2) is 18.2 Å². The third-order valence-corrected chi connectivity index (χ3v) is 2.89. The van der Waals surface area contributed by atoms with E-state index in [1.54, 1.807) is 14.2 Å². The average molecular weight is 237 g/mol. The SMILES string of the molecule is COc1ccc(OC)c(C(N)CCC(C)C)c1. The van der Waals surface area contributed by atoms with Crippen molar-refractivity contribution in [1.29, 1.82) is 0 Å². The summed E-state index contributed by atoms with van der Waals surface area (Å²) in [7, 11) is 3.33. The second-order valence-electron chi connectivity index (χ2n) is 4.69. The summed E-state index contributed by atoms with van der Waals surface area (Å²) in [6, 6.07) is 5.76. The molecule has 2 N–H and O–H groups in total. The van der Waals surface area contributed by atoms with Crippen molar-refractivity contribution in [3.8, 4) is 11.5 Å². The molecule has 96 valence electrons. The van der Waals surface area contributed by atoms with Crippen LogP contribution < -0.4 is 15.2 Å². The Morgan fingerprint density at radius 2 is 1.82 bits per heavy atom. The van der Waals surface area contributed by atoms with E-state index in [1.165, 1.54) is 0 Å². The molecule has 0 aromatic heterocycles. The minimum Gasteiger partial charge on any atom is -0.497 e. The minimum absolute atomic E-state index is 0.00227. The number of methoxy groups -OCH3 is 2. The quantitative estimate of drug-likeness (QED) is 0.826. The molecule has 0 fully saturated rings. The van der Waals surface area contributed by atoms with Gasteiger partial charge in [0, 0.05) is 11.6 Å². The van der Waals surface area contributed by atoms with Crippen molar-refractivity contribution >= 4 is 0 Å². The van der Waals surface area contributed by atoms with Crippen LogP contribution in [-0.2, 0) is 0 Å². The summed E-state index contributed by atoms with van der Waals surface area (Å²) in [6.07, 6.45) is 2.07. The molecule has 0 aliphatic carbocycles. The first-order valence-corrected chi connectivity index (χ1v) is 6.06. The molecule has 1 unspecified atom stereocenters. The van der Waals surface area contributed by atoms with Gasteiger partial charge in [-0.15, -0.1) is 0 Å². The first-order chi connectivity index (χ1) is 8.08. The second kappa shape index (κ2) is 6.50. The average Bonchev–Trinajstić information content (AvgIpc) is 2.34. The Labute approximate surface area is 104 Å². The van der Waals surface area contributed by atoms with Crippen LogP contribution in [-0.4, -0.2) is 14.2 Å². The van der Waals surface area contributed by atoms with Gasteiger partial charge in [-0.25, -0.2) is 0 Å². The maximum absolute atomic E-state index is 6.21. The maximum atomic E-state index is 6.21. The molecule has 0 radical (unpaired) electrons. The molecule has 0 bridgehead atoms. The Bertz CT molecular complexity index is 350. The van der Waals surface area contributed by atoms with Crippen LogP contribution in [0.1, 0.15) is 38.3 Å². The summed E-state index contributed by atoms with van der Waals surface area (Å²) in [6.45, 7) is 4.41. The highest BCUT2D eigenvalue weighted by molar-refractivity contribution is 5.42. The predicted octanol–water partition coefficient (Wildman–Crippen LogP) is 3.14. The largest absolute Gasteiger partial charge is 0.497 e. The van der Waals surface area contributed by atoms with Crippen LogP contribution in [0.25, 0.3) is 0 Å². The first kappa shape index (κ1) is 13.8. The summed E-state index contributed by atoms with van der Waals surface area (Å²) >= 11 is 0. The van der Waals surface area contributed by atoms with Crippen molar-refractivity contribution in [2.75, 3.05) is 14.2 Å². The standard InChI is InChI=1S/C14H23NO2/c1-10(2)5-7-13(15)12-9-11(16-3)6-8-14(12)17-4/h6,8-10,13H,5,7,15H2,1-4H3. The van der Waals surface area contributed by atoms with Gasteiger partial charge in [0.15, 0.2) is 0 Å². The topological polar surface area (TPSA) is 44.5 Å². The highest BCUT2D eigenvalue weighted by atomic mass is 16.5. The van der Waals surface area contributed by atoms with Crippen LogP contribution in [0.2, 0.25) is 0 Å². The van der Waals surface area contributed by atoms with Gasteiger partial charge in [0.05, 0.1) is 14.2 Å². The van der Waals surface area contributed by atoms with E-state index in [0.29, 0.717) is 5.92 Å². The number of nitrogens with two attached hydrogens (primary N) is 1. The van der Waals surface area contributed by atoms with Gasteiger partial charge in [0.25, 0.3) is 0 Å². The Morgan fingerprint density at radius 3 is 2.35 bits per heavy atom. The van der Waals surface area contributed by atoms with Gasteiger partial charge in [-0.3, -0.25) is 0 Å². The fourth-order valence-electron chi connectivity index (χ4n) is 1.80. The smallest absolute Gasteiger partial charge is 0.123 e. The van der Waals surface area contributed by atoms with E-state index in [1.807, 2.05) is 18.2 Å². The van der Waals surface area contributed by atoms with Crippen molar-refractivity contribution in [2.24, 2.45) is 11.7 Å². The molecule has 3 heteroatoms. The minimum atomic E-state index is 0.00227. The van der Waals surface area contributed by atoms with Gasteiger partial charge >= 0.3 is 0 Å². The molecule has 1 atom stereocenters. The normalized spacial score (nSPS) is 12.6. The fraction of sp³-hybridized carbons (Fsp3) is 0.571. The van der Waals surface area contributed by atoms with E-state index in [2.05, 4.69) is 13.8 Å². The molecular formula is C14H23NO2. The number of rotatable bonds is 6. The third kappa shape index (κ3) is 3.93. The van der Waals surface area contributed by atoms with E-state index >= 15 is 0 Å². The molecule has 3 nitrogen and oxygen atoms in total. The van der Waals surface area contributed by atoms with Crippen molar-refractivity contribution in [1.82, 2.24) is 0 Å². The Hall–Kier alpha value is -1.22. The summed E-state index contributed by atoms with van der Waals surface area (Å²) in [5, 5.41) is 0. The predicted molar refractivity (Wildman–Crippen MR) is 70.5 cm³/mol. The van der Waals surface area contributed by atoms with Gasteiger partial charge < -0.3 is 15.2 Å². The lowest BCUT2D eigenvalue weighted by Crippen LogP contribution is -2.12. The van der Waals surface area contributed by atoms with Gasteiger partial charge in [-0.1, -0.05) is 13.8 Å². The molecule has 1 rings (SSSR count). The van der Waals surface area contributed by atoms with Crippen LogP contribution >= 0.6 is 0 Å². The molecule has 17 heavy (non-hydrogen) atoms. The Balaban J connectivity index is 2.85. The summed E-state index contributed by atoms with van der Waals surface area (Å²) < 4.78 is 10.6. The van der Waals surface area contributed by atoms with E-state index < -0.39 is 0 Å². The van der Waals surface area contributed by atoms with Crippen molar-refractivity contribution in [3.63, 3.8) is 0 Å². The Kier molecular flexibility index (Phi) is 5.29. The van der Waals surface area contributed by atoms with E-state index in [-0.39, 0.29) is 6.04 Å². The van der Waals surface area contributed by atoms with E-state index in [4.69, 9.17) is 15.2 Å². The highest BCUT2D eigenvalue weighted by Gasteiger charge is 2.13. The zero-order valence-electron chi connectivity index (χ0n) is 11.2. The first-order valence-electron chi connectivity index (χ1n) is 6.06. The fourth-order valence-corrected chi connectivity index (χ4v) is 1.80. The third-order valence-electron chi connectivity index (χ3n) is 2.89. The molecule has 0 heterocycles. The monoisotopic (exact) mass is 237 g/mol. The van der Waals surface area contributed by atoms with E-state index in [9.17, 15) is 0 Å². The molecule has 0 spiro atoms. The van der Waals surface area contributed by atoms with Crippen LogP contribution in [0.4, 0.5) is 0 Å². The lowest BCUT2D eigenvalue weighted by atomic mass is 9.97. The summed E-state index contributed by atoms with van der Waals surface area (Å²) in [4.78, 5) is 0. The molecule has 0 amide bonds. The summed E-state index contributed by atoms with van der Waals surface area (Å²) in [5.41, 5.74) is 7.23. The number of benzene rings is 1. The molecule has 0 saturated carbocycles.